The fraction of sp³-hybridized carbons (Fsp3) is 0.333. The van der Waals surface area contributed by atoms with Crippen LogP contribution in [-0.2, 0) is 33.9 Å². The number of carbonyl (C=O) groups excluding carboxylic acids is 2. The Morgan fingerprint density at radius 3 is 2.59 bits per heavy atom. The van der Waals surface area contributed by atoms with Crippen LogP contribution in [0.5, 0.6) is 0 Å². The Balaban J connectivity index is 1.52. The molecule has 1 saturated heterocycles. The van der Waals surface area contributed by atoms with Gasteiger partial charge in [-0.15, -0.1) is 11.3 Å². The summed E-state index contributed by atoms with van der Waals surface area (Å²) in [6.45, 7) is 2.64. The Hall–Kier alpha value is -3.24. The molecule has 178 valence electrons. The highest BCUT2D eigenvalue weighted by atomic mass is 32.1. The molecule has 0 spiro atoms. The molecule has 3 aromatic rings. The van der Waals surface area contributed by atoms with Gasteiger partial charge in [0, 0.05) is 36.4 Å². The monoisotopic (exact) mass is 486 g/mol. The summed E-state index contributed by atoms with van der Waals surface area (Å²) in [5.41, 5.74) is 1.35. The van der Waals surface area contributed by atoms with Gasteiger partial charge in [0.2, 0.25) is 11.8 Å². The SMILES string of the molecule is Cc1nc(CN2C[C@@H](OCc3ccncc3)CN(C(=O)Cc3c(F)cccc3F)CC2=O)cs1. The zero-order chi connectivity index (χ0) is 24.1. The number of thiazole rings is 1. The number of carbonyl (C=O) groups is 2. The van der Waals surface area contributed by atoms with E-state index in [1.807, 2.05) is 24.4 Å². The van der Waals surface area contributed by atoms with Gasteiger partial charge in [0.15, 0.2) is 0 Å². The van der Waals surface area contributed by atoms with Crippen LogP contribution < -0.4 is 0 Å². The van der Waals surface area contributed by atoms with Crippen molar-refractivity contribution in [2.75, 3.05) is 19.6 Å². The second-order valence-corrected chi connectivity index (χ2v) is 9.13. The first-order chi connectivity index (χ1) is 16.4. The van der Waals surface area contributed by atoms with E-state index in [1.165, 1.54) is 22.3 Å². The van der Waals surface area contributed by atoms with Gasteiger partial charge in [-0.05, 0) is 36.8 Å². The number of benzene rings is 1. The van der Waals surface area contributed by atoms with E-state index < -0.39 is 30.1 Å². The van der Waals surface area contributed by atoms with Crippen LogP contribution in [0.1, 0.15) is 21.8 Å². The molecule has 10 heteroatoms. The van der Waals surface area contributed by atoms with Gasteiger partial charge in [-0.1, -0.05) is 6.07 Å². The van der Waals surface area contributed by atoms with Crippen LogP contribution in [0.4, 0.5) is 8.78 Å². The number of ether oxygens (including phenoxy) is 1. The summed E-state index contributed by atoms with van der Waals surface area (Å²) in [5.74, 6) is -2.40. The lowest BCUT2D eigenvalue weighted by atomic mass is 10.1. The van der Waals surface area contributed by atoms with Crippen molar-refractivity contribution in [2.24, 2.45) is 0 Å². The average Bonchev–Trinajstić information content (AvgIpc) is 3.16. The number of nitrogens with zero attached hydrogens (tertiary/aromatic N) is 4. The zero-order valence-electron chi connectivity index (χ0n) is 18.6. The van der Waals surface area contributed by atoms with Crippen molar-refractivity contribution in [1.82, 2.24) is 19.8 Å². The van der Waals surface area contributed by atoms with Gasteiger partial charge in [-0.3, -0.25) is 14.6 Å². The van der Waals surface area contributed by atoms with Crippen LogP contribution in [0.25, 0.3) is 0 Å². The summed E-state index contributed by atoms with van der Waals surface area (Å²) < 4.78 is 34.3. The number of hydrogen-bond donors (Lipinski definition) is 0. The molecular formula is C24H24F2N4O3S. The smallest absolute Gasteiger partial charge is 0.242 e. The molecule has 1 aliphatic rings. The molecule has 4 rings (SSSR count). The summed E-state index contributed by atoms with van der Waals surface area (Å²) in [6.07, 6.45) is 2.35. The molecule has 2 amide bonds. The van der Waals surface area contributed by atoms with Crippen molar-refractivity contribution in [2.45, 2.75) is 32.6 Å². The predicted molar refractivity (Wildman–Crippen MR) is 122 cm³/mol. The lowest BCUT2D eigenvalue weighted by molar-refractivity contribution is -0.138. The third-order valence-corrected chi connectivity index (χ3v) is 6.35. The number of amides is 2. The molecule has 1 aromatic carbocycles. The highest BCUT2D eigenvalue weighted by Gasteiger charge is 2.32. The van der Waals surface area contributed by atoms with E-state index in [0.717, 1.165) is 28.4 Å². The molecule has 1 aliphatic heterocycles. The van der Waals surface area contributed by atoms with Gasteiger partial charge in [0.05, 0.1) is 42.9 Å². The van der Waals surface area contributed by atoms with Crippen LogP contribution in [0.2, 0.25) is 0 Å². The Morgan fingerprint density at radius 1 is 1.18 bits per heavy atom. The number of aryl methyl sites for hydroxylation is 1. The van der Waals surface area contributed by atoms with Crippen molar-refractivity contribution >= 4 is 23.2 Å². The Labute approximate surface area is 200 Å². The van der Waals surface area contributed by atoms with Crippen LogP contribution >= 0.6 is 11.3 Å². The van der Waals surface area contributed by atoms with E-state index in [9.17, 15) is 18.4 Å². The van der Waals surface area contributed by atoms with Gasteiger partial charge in [-0.25, -0.2) is 13.8 Å². The molecule has 1 fully saturated rings. The summed E-state index contributed by atoms with van der Waals surface area (Å²) in [4.78, 5) is 37.4. The Kier molecular flexibility index (Phi) is 7.59. The van der Waals surface area contributed by atoms with Crippen molar-refractivity contribution in [3.05, 3.63) is 81.6 Å². The number of hydrogen-bond acceptors (Lipinski definition) is 6. The molecule has 1 atom stereocenters. The molecule has 0 unspecified atom stereocenters. The van der Waals surface area contributed by atoms with Gasteiger partial charge in [0.1, 0.15) is 11.6 Å². The summed E-state index contributed by atoms with van der Waals surface area (Å²) >= 11 is 1.50. The zero-order valence-corrected chi connectivity index (χ0v) is 19.4. The van der Waals surface area contributed by atoms with E-state index in [-0.39, 0.29) is 37.7 Å². The molecule has 0 radical (unpaired) electrons. The average molecular weight is 487 g/mol. The predicted octanol–water partition coefficient (Wildman–Crippen LogP) is 3.12. The molecular weight excluding hydrogens is 462 g/mol. The first kappa shape index (κ1) is 23.9. The van der Waals surface area contributed by atoms with Crippen molar-refractivity contribution in [3.63, 3.8) is 0 Å². The standard InChI is InChI=1S/C24H24F2N4O3S/c1-16-28-18(15-34-16)10-29-11-19(33-14-17-5-7-27-8-6-17)12-30(13-24(29)32)23(31)9-20-21(25)3-2-4-22(20)26/h2-8,15,19H,9-14H2,1H3/t19-/m1/s1. The summed E-state index contributed by atoms with van der Waals surface area (Å²) in [5, 5.41) is 2.79. The minimum Gasteiger partial charge on any atom is -0.370 e. The summed E-state index contributed by atoms with van der Waals surface area (Å²) in [6, 6.07) is 7.10. The maximum Gasteiger partial charge on any atom is 0.242 e. The third kappa shape index (κ3) is 6.00. The van der Waals surface area contributed by atoms with Crippen molar-refractivity contribution in [1.29, 1.82) is 0 Å². The summed E-state index contributed by atoms with van der Waals surface area (Å²) in [7, 11) is 0. The van der Waals surface area contributed by atoms with Crippen LogP contribution in [0, 0.1) is 18.6 Å². The highest BCUT2D eigenvalue weighted by molar-refractivity contribution is 7.09. The first-order valence-corrected chi connectivity index (χ1v) is 11.7. The largest absolute Gasteiger partial charge is 0.370 e. The van der Waals surface area contributed by atoms with Gasteiger partial charge in [0.25, 0.3) is 0 Å². The van der Waals surface area contributed by atoms with Crippen LogP contribution in [-0.4, -0.2) is 57.3 Å². The molecule has 2 aromatic heterocycles. The molecule has 34 heavy (non-hydrogen) atoms. The van der Waals surface area contributed by atoms with E-state index in [4.69, 9.17) is 4.74 Å². The molecule has 0 N–H and O–H groups in total. The van der Waals surface area contributed by atoms with E-state index in [1.54, 1.807) is 17.3 Å². The minimum absolute atomic E-state index is 0.123. The molecule has 0 bridgehead atoms. The lowest BCUT2D eigenvalue weighted by Crippen LogP contribution is -2.40. The fourth-order valence-corrected chi connectivity index (χ4v) is 4.36. The Bertz CT molecular complexity index is 1140. The van der Waals surface area contributed by atoms with Gasteiger partial charge >= 0.3 is 0 Å². The number of halogens is 2. The number of pyridine rings is 1. The quantitative estimate of drug-likeness (QED) is 0.513. The maximum absolute atomic E-state index is 14.1. The van der Waals surface area contributed by atoms with E-state index in [0.29, 0.717) is 6.54 Å². The Morgan fingerprint density at radius 2 is 1.91 bits per heavy atom. The normalized spacial score (nSPS) is 16.6. The van der Waals surface area contributed by atoms with Crippen molar-refractivity contribution < 1.29 is 23.1 Å². The molecule has 7 nitrogen and oxygen atoms in total. The number of aromatic nitrogens is 2. The minimum atomic E-state index is -0.791. The van der Waals surface area contributed by atoms with E-state index in [2.05, 4.69) is 9.97 Å². The second kappa shape index (κ2) is 10.8. The molecule has 0 saturated carbocycles. The van der Waals surface area contributed by atoms with Gasteiger partial charge in [-0.2, -0.15) is 0 Å². The van der Waals surface area contributed by atoms with Crippen LogP contribution in [0.15, 0.2) is 48.1 Å². The number of rotatable bonds is 7. The highest BCUT2D eigenvalue weighted by Crippen LogP contribution is 2.18. The topological polar surface area (TPSA) is 75.6 Å². The second-order valence-electron chi connectivity index (χ2n) is 8.07. The molecule has 0 aliphatic carbocycles. The molecule has 3 heterocycles. The first-order valence-electron chi connectivity index (χ1n) is 10.8. The fourth-order valence-electron chi connectivity index (χ4n) is 3.76. The van der Waals surface area contributed by atoms with E-state index >= 15 is 0 Å². The lowest BCUT2D eigenvalue weighted by Gasteiger charge is -2.24. The van der Waals surface area contributed by atoms with Crippen LogP contribution in [0.3, 0.4) is 0 Å². The third-order valence-electron chi connectivity index (χ3n) is 5.52. The van der Waals surface area contributed by atoms with Crippen molar-refractivity contribution in [3.8, 4) is 0 Å². The maximum atomic E-state index is 14.1. The van der Waals surface area contributed by atoms with Gasteiger partial charge < -0.3 is 14.5 Å².